The summed E-state index contributed by atoms with van der Waals surface area (Å²) >= 11 is 0. The van der Waals surface area contributed by atoms with Gasteiger partial charge in [0, 0.05) is 32.7 Å². The highest BCUT2D eigenvalue weighted by Gasteiger charge is 2.16. The Morgan fingerprint density at radius 1 is 1.05 bits per heavy atom. The third-order valence-electron chi connectivity index (χ3n) is 3.71. The number of hydrogen-bond acceptors (Lipinski definition) is 4. The van der Waals surface area contributed by atoms with Gasteiger partial charge in [-0.1, -0.05) is 6.92 Å². The van der Waals surface area contributed by atoms with Gasteiger partial charge in [-0.25, -0.2) is 0 Å². The Kier molecular flexibility index (Phi) is 10.4. The van der Waals surface area contributed by atoms with Crippen molar-refractivity contribution in [3.05, 3.63) is 0 Å². The highest BCUT2D eigenvalue weighted by molar-refractivity contribution is 4.59. The first kappa shape index (κ1) is 19.8. The van der Waals surface area contributed by atoms with E-state index in [1.807, 2.05) is 6.92 Å². The van der Waals surface area contributed by atoms with Gasteiger partial charge < -0.3 is 19.8 Å². The second-order valence-electron chi connectivity index (χ2n) is 6.76. The largest absolute Gasteiger partial charge is 0.392 e. The zero-order valence-corrected chi connectivity index (χ0v) is 14.5. The molecule has 0 aromatic heterocycles. The van der Waals surface area contributed by atoms with Crippen LogP contribution >= 0.6 is 0 Å². The number of rotatable bonds is 12. The van der Waals surface area contributed by atoms with E-state index in [9.17, 15) is 5.11 Å². The summed E-state index contributed by atoms with van der Waals surface area (Å²) in [5.41, 5.74) is 0. The molecule has 0 fully saturated rings. The number of aliphatic hydroxyl groups excluding tert-OH is 1. The second kappa shape index (κ2) is 10.5. The highest BCUT2D eigenvalue weighted by Crippen LogP contribution is 1.99. The van der Waals surface area contributed by atoms with Crippen LogP contribution in [0.4, 0.5) is 0 Å². The van der Waals surface area contributed by atoms with Gasteiger partial charge in [0.25, 0.3) is 0 Å². The molecular formula is C15H37N4O+. The Labute approximate surface area is 126 Å². The van der Waals surface area contributed by atoms with Crippen LogP contribution in [-0.2, 0) is 0 Å². The number of quaternary nitrogens is 1. The monoisotopic (exact) mass is 289 g/mol. The van der Waals surface area contributed by atoms with Gasteiger partial charge in [-0.05, 0) is 27.6 Å². The number of aliphatic hydroxyl groups is 1. The van der Waals surface area contributed by atoms with E-state index in [4.69, 9.17) is 0 Å². The van der Waals surface area contributed by atoms with E-state index in [2.05, 4.69) is 50.4 Å². The second-order valence-corrected chi connectivity index (χ2v) is 6.76. The van der Waals surface area contributed by atoms with Crippen molar-refractivity contribution in [3.63, 3.8) is 0 Å². The van der Waals surface area contributed by atoms with Crippen molar-refractivity contribution in [2.45, 2.75) is 19.4 Å². The molecule has 0 heterocycles. The molecule has 0 aliphatic heterocycles. The fourth-order valence-corrected chi connectivity index (χ4v) is 1.94. The molecule has 1 unspecified atom stereocenters. The molecule has 2 N–H and O–H groups in total. The summed E-state index contributed by atoms with van der Waals surface area (Å²) in [4.78, 5) is 4.43. The number of nitrogens with zero attached hydrogens (tertiary/aromatic N) is 3. The predicted octanol–water partition coefficient (Wildman–Crippen LogP) is -0.0833. The van der Waals surface area contributed by atoms with Gasteiger partial charge in [0.15, 0.2) is 0 Å². The van der Waals surface area contributed by atoms with E-state index in [1.54, 1.807) is 0 Å². The standard InChI is InChI=1S/C15H37N4O/c1-7-15(20)14-18(4)11-13-19(5,6)12-9-16-8-10-17(2)3/h15-16,20H,7-14H2,1-6H3/q+1. The minimum Gasteiger partial charge on any atom is -0.392 e. The van der Waals surface area contributed by atoms with Gasteiger partial charge in [-0.3, -0.25) is 4.90 Å². The molecule has 122 valence electrons. The predicted molar refractivity (Wildman–Crippen MR) is 87.1 cm³/mol. The molecule has 0 saturated carbocycles. The van der Waals surface area contributed by atoms with Crippen LogP contribution in [0, 0.1) is 0 Å². The van der Waals surface area contributed by atoms with Gasteiger partial charge >= 0.3 is 0 Å². The third-order valence-corrected chi connectivity index (χ3v) is 3.71. The molecule has 0 rings (SSSR count). The maximum Gasteiger partial charge on any atom is 0.0912 e. The van der Waals surface area contributed by atoms with Crippen molar-refractivity contribution < 1.29 is 9.59 Å². The van der Waals surface area contributed by atoms with Crippen LogP contribution in [0.1, 0.15) is 13.3 Å². The number of likely N-dealkylation sites (N-methyl/N-ethyl adjacent to an activating group) is 3. The van der Waals surface area contributed by atoms with Gasteiger partial charge in [-0.2, -0.15) is 0 Å². The minimum absolute atomic E-state index is 0.191. The number of hydrogen-bond donors (Lipinski definition) is 2. The van der Waals surface area contributed by atoms with Crippen LogP contribution < -0.4 is 5.32 Å². The Bertz CT molecular complexity index is 234. The van der Waals surface area contributed by atoms with Crippen LogP contribution in [0.5, 0.6) is 0 Å². The first-order valence-corrected chi connectivity index (χ1v) is 7.81. The van der Waals surface area contributed by atoms with Gasteiger partial charge in [0.05, 0.1) is 33.3 Å². The Morgan fingerprint density at radius 2 is 1.70 bits per heavy atom. The van der Waals surface area contributed by atoms with Gasteiger partial charge in [0.2, 0.25) is 0 Å². The lowest BCUT2D eigenvalue weighted by molar-refractivity contribution is -0.888. The Morgan fingerprint density at radius 3 is 2.25 bits per heavy atom. The molecular weight excluding hydrogens is 252 g/mol. The van der Waals surface area contributed by atoms with Crippen LogP contribution in [-0.4, -0.2) is 107 Å². The van der Waals surface area contributed by atoms with Crippen molar-refractivity contribution in [3.8, 4) is 0 Å². The van der Waals surface area contributed by atoms with Crippen molar-refractivity contribution >= 4 is 0 Å². The average molecular weight is 289 g/mol. The first-order valence-electron chi connectivity index (χ1n) is 7.81. The Balaban J connectivity index is 3.72. The molecule has 0 aliphatic carbocycles. The molecule has 0 saturated heterocycles. The van der Waals surface area contributed by atoms with Crippen LogP contribution in [0.25, 0.3) is 0 Å². The highest BCUT2D eigenvalue weighted by atomic mass is 16.3. The summed E-state index contributed by atoms with van der Waals surface area (Å²) in [5.74, 6) is 0. The lowest BCUT2D eigenvalue weighted by Gasteiger charge is -2.32. The normalized spacial score (nSPS) is 14.2. The molecule has 0 radical (unpaired) electrons. The summed E-state index contributed by atoms with van der Waals surface area (Å²) < 4.78 is 1.02. The molecule has 0 bridgehead atoms. The lowest BCUT2D eigenvalue weighted by atomic mass is 10.2. The van der Waals surface area contributed by atoms with E-state index in [1.165, 1.54) is 0 Å². The fraction of sp³-hybridized carbons (Fsp3) is 1.00. The molecule has 0 aromatic rings. The molecule has 20 heavy (non-hydrogen) atoms. The van der Waals surface area contributed by atoms with E-state index in [0.717, 1.165) is 56.7 Å². The van der Waals surface area contributed by atoms with E-state index < -0.39 is 0 Å². The molecule has 0 spiro atoms. The molecule has 0 aromatic carbocycles. The molecule has 0 aliphatic rings. The van der Waals surface area contributed by atoms with E-state index in [0.29, 0.717) is 0 Å². The van der Waals surface area contributed by atoms with Crippen molar-refractivity contribution in [1.29, 1.82) is 0 Å². The van der Waals surface area contributed by atoms with E-state index in [-0.39, 0.29) is 6.10 Å². The zero-order valence-electron chi connectivity index (χ0n) is 14.5. The summed E-state index contributed by atoms with van der Waals surface area (Å²) in [7, 11) is 10.8. The quantitative estimate of drug-likeness (QED) is 0.389. The Hall–Kier alpha value is -0.200. The summed E-state index contributed by atoms with van der Waals surface area (Å²) in [6.45, 7) is 9.28. The fourth-order valence-electron chi connectivity index (χ4n) is 1.94. The maximum absolute atomic E-state index is 9.64. The van der Waals surface area contributed by atoms with Crippen molar-refractivity contribution in [1.82, 2.24) is 15.1 Å². The van der Waals surface area contributed by atoms with Crippen LogP contribution in [0.2, 0.25) is 0 Å². The van der Waals surface area contributed by atoms with E-state index >= 15 is 0 Å². The smallest absolute Gasteiger partial charge is 0.0912 e. The van der Waals surface area contributed by atoms with Gasteiger partial charge in [-0.15, -0.1) is 0 Å². The molecule has 5 nitrogen and oxygen atoms in total. The topological polar surface area (TPSA) is 38.7 Å². The number of nitrogens with one attached hydrogen (secondary N) is 1. The van der Waals surface area contributed by atoms with Gasteiger partial charge in [0.1, 0.15) is 0 Å². The summed E-state index contributed by atoms with van der Waals surface area (Å²) in [5, 5.41) is 13.1. The average Bonchev–Trinajstić information content (AvgIpc) is 2.35. The summed E-state index contributed by atoms with van der Waals surface area (Å²) in [6.07, 6.45) is 0.640. The van der Waals surface area contributed by atoms with Crippen LogP contribution in [0.15, 0.2) is 0 Å². The molecule has 1 atom stereocenters. The van der Waals surface area contributed by atoms with Crippen molar-refractivity contribution in [2.75, 3.05) is 81.1 Å². The molecule has 0 amide bonds. The summed E-state index contributed by atoms with van der Waals surface area (Å²) in [6, 6.07) is 0. The minimum atomic E-state index is -0.191. The maximum atomic E-state index is 9.64. The lowest BCUT2D eigenvalue weighted by Crippen LogP contribution is -2.49. The third kappa shape index (κ3) is 11.6. The first-order chi connectivity index (χ1) is 9.26. The SMILES string of the molecule is CCC(O)CN(C)CC[N+](C)(C)CCNCCN(C)C. The van der Waals surface area contributed by atoms with Crippen molar-refractivity contribution in [2.24, 2.45) is 0 Å². The zero-order chi connectivity index (χ0) is 15.6. The van der Waals surface area contributed by atoms with Crippen LogP contribution in [0.3, 0.4) is 0 Å². The molecule has 5 heteroatoms.